The number of aliphatic hydroxyl groups excluding tert-OH is 2. The van der Waals surface area contributed by atoms with Gasteiger partial charge >= 0.3 is 5.97 Å². The Morgan fingerprint density at radius 1 is 0.338 bits per heavy atom. The van der Waals surface area contributed by atoms with Gasteiger partial charge in [0, 0.05) is 12.8 Å². The van der Waals surface area contributed by atoms with Crippen LogP contribution in [0.1, 0.15) is 399 Å². The quantitative estimate of drug-likeness (QED) is 0.0320. The van der Waals surface area contributed by atoms with Crippen molar-refractivity contribution >= 4 is 11.9 Å². The molecule has 0 aromatic carbocycles. The third-order valence-corrected chi connectivity index (χ3v) is 16.9. The molecule has 2 atom stereocenters. The van der Waals surface area contributed by atoms with Gasteiger partial charge in [-0.25, -0.2) is 0 Å². The predicted molar refractivity (Wildman–Crippen MR) is 352 cm³/mol. The van der Waals surface area contributed by atoms with Crippen molar-refractivity contribution in [2.24, 2.45) is 0 Å². The van der Waals surface area contributed by atoms with Crippen LogP contribution in [0.15, 0.2) is 36.5 Å². The molecule has 0 aromatic heterocycles. The second-order valence-electron chi connectivity index (χ2n) is 24.9. The van der Waals surface area contributed by atoms with Crippen LogP contribution in [0.25, 0.3) is 0 Å². The van der Waals surface area contributed by atoms with Crippen LogP contribution in [0.3, 0.4) is 0 Å². The van der Waals surface area contributed by atoms with Crippen LogP contribution in [0.5, 0.6) is 0 Å². The fourth-order valence-electron chi connectivity index (χ4n) is 11.3. The molecule has 2 unspecified atom stereocenters. The van der Waals surface area contributed by atoms with E-state index in [4.69, 9.17) is 4.74 Å². The Morgan fingerprint density at radius 2 is 0.588 bits per heavy atom. The van der Waals surface area contributed by atoms with Gasteiger partial charge in [-0.05, 0) is 83.5 Å². The largest absolute Gasteiger partial charge is 0.466 e. The van der Waals surface area contributed by atoms with Gasteiger partial charge in [-0.15, -0.1) is 0 Å². The van der Waals surface area contributed by atoms with Gasteiger partial charge in [0.1, 0.15) is 0 Å². The highest BCUT2D eigenvalue weighted by Crippen LogP contribution is 2.18. The van der Waals surface area contributed by atoms with Crippen LogP contribution < -0.4 is 5.32 Å². The topological polar surface area (TPSA) is 95.9 Å². The Hall–Kier alpha value is -1.92. The van der Waals surface area contributed by atoms with Crippen LogP contribution in [-0.2, 0) is 14.3 Å². The average Bonchev–Trinajstić information content (AvgIpc) is 3.46. The van der Waals surface area contributed by atoms with Gasteiger partial charge in [0.25, 0.3) is 0 Å². The molecule has 0 heterocycles. The highest BCUT2D eigenvalue weighted by Gasteiger charge is 2.18. The van der Waals surface area contributed by atoms with E-state index in [1.807, 2.05) is 6.08 Å². The molecular formula is C74H141NO5. The van der Waals surface area contributed by atoms with Gasteiger partial charge in [0.05, 0.1) is 25.4 Å². The number of aliphatic hydroxyl groups is 2. The maximum Gasteiger partial charge on any atom is 0.305 e. The summed E-state index contributed by atoms with van der Waals surface area (Å²) in [7, 11) is 0. The fraction of sp³-hybridized carbons (Fsp3) is 0.892. The first-order valence-electron chi connectivity index (χ1n) is 36.3. The molecule has 0 aromatic rings. The van der Waals surface area contributed by atoms with Gasteiger partial charge in [0.2, 0.25) is 5.91 Å². The number of allylic oxidation sites excluding steroid dienone is 5. The van der Waals surface area contributed by atoms with Gasteiger partial charge < -0.3 is 20.3 Å². The van der Waals surface area contributed by atoms with Crippen LogP contribution in [-0.4, -0.2) is 47.4 Å². The van der Waals surface area contributed by atoms with Crippen LogP contribution in [0.2, 0.25) is 0 Å². The van der Waals surface area contributed by atoms with Crippen molar-refractivity contribution in [1.29, 1.82) is 0 Å². The lowest BCUT2D eigenvalue weighted by molar-refractivity contribution is -0.143. The minimum Gasteiger partial charge on any atom is -0.466 e. The molecule has 0 spiro atoms. The summed E-state index contributed by atoms with van der Waals surface area (Å²) in [5, 5.41) is 23.3. The standard InChI is InChI=1S/C74H141NO5/c1-3-5-7-9-11-13-15-17-19-21-23-24-27-31-34-38-42-46-50-54-58-62-66-72(77)71(70-76)75-73(78)67-63-59-55-51-47-43-39-35-32-28-25-26-29-33-37-41-45-49-53-57-61-65-69-80-74(79)68-64-60-56-52-48-44-40-36-30-22-20-18-16-14-12-10-8-6-4-2/h18,20,28,32,62,66,71-72,76-77H,3-17,19,21-27,29-31,33-61,63-65,67-70H2,1-2H3,(H,75,78)/b20-18-,32-28-,66-62+. The summed E-state index contributed by atoms with van der Waals surface area (Å²) in [6.45, 7) is 4.93. The van der Waals surface area contributed by atoms with Crippen LogP contribution in [0.4, 0.5) is 0 Å². The number of hydrogen-bond acceptors (Lipinski definition) is 5. The lowest BCUT2D eigenvalue weighted by Crippen LogP contribution is -2.45. The molecule has 6 nitrogen and oxygen atoms in total. The van der Waals surface area contributed by atoms with E-state index in [-0.39, 0.29) is 18.5 Å². The van der Waals surface area contributed by atoms with E-state index in [1.165, 1.54) is 321 Å². The number of carbonyl (C=O) groups excluding carboxylic acids is 2. The first-order valence-corrected chi connectivity index (χ1v) is 36.3. The van der Waals surface area contributed by atoms with Crippen molar-refractivity contribution in [1.82, 2.24) is 5.32 Å². The molecule has 0 saturated heterocycles. The van der Waals surface area contributed by atoms with E-state index in [9.17, 15) is 19.8 Å². The fourth-order valence-corrected chi connectivity index (χ4v) is 11.3. The SMILES string of the molecule is CCCCCCCC/C=C\CCCCCCCCCCCC(=O)OCCCCCCCCCCCCC/C=C\CCCCCCCCCC(=O)NC(CO)C(O)/C=C/CCCCCCCCCCCCCCCCCCCCCC. The molecular weight excluding hydrogens is 983 g/mol. The third kappa shape index (κ3) is 65.2. The van der Waals surface area contributed by atoms with Crippen molar-refractivity contribution in [3.05, 3.63) is 36.5 Å². The Morgan fingerprint density at radius 3 is 0.887 bits per heavy atom. The third-order valence-electron chi connectivity index (χ3n) is 16.9. The molecule has 0 rings (SSSR count). The number of ether oxygens (including phenoxy) is 1. The normalized spacial score (nSPS) is 12.7. The lowest BCUT2D eigenvalue weighted by atomic mass is 10.0. The van der Waals surface area contributed by atoms with E-state index in [0.29, 0.717) is 19.4 Å². The Bertz CT molecular complexity index is 1300. The van der Waals surface area contributed by atoms with E-state index in [1.54, 1.807) is 6.08 Å². The molecule has 1 amide bonds. The molecule has 0 aliphatic rings. The first-order chi connectivity index (χ1) is 39.5. The summed E-state index contributed by atoms with van der Waals surface area (Å²) < 4.78 is 5.51. The number of unbranched alkanes of at least 4 members (excludes halogenated alkanes) is 53. The number of nitrogens with one attached hydrogen (secondary N) is 1. The van der Waals surface area contributed by atoms with Gasteiger partial charge in [-0.2, -0.15) is 0 Å². The van der Waals surface area contributed by atoms with E-state index in [2.05, 4.69) is 43.5 Å². The molecule has 0 radical (unpaired) electrons. The zero-order valence-electron chi connectivity index (χ0n) is 54.1. The van der Waals surface area contributed by atoms with Crippen molar-refractivity contribution in [3.63, 3.8) is 0 Å². The summed E-state index contributed by atoms with van der Waals surface area (Å²) in [6, 6.07) is -0.635. The highest BCUT2D eigenvalue weighted by atomic mass is 16.5. The Kier molecular flexibility index (Phi) is 67.9. The molecule has 3 N–H and O–H groups in total. The zero-order valence-corrected chi connectivity index (χ0v) is 54.1. The summed E-state index contributed by atoms with van der Waals surface area (Å²) in [4.78, 5) is 24.6. The summed E-state index contributed by atoms with van der Waals surface area (Å²) in [5.41, 5.74) is 0. The van der Waals surface area contributed by atoms with E-state index < -0.39 is 12.1 Å². The molecule has 0 aliphatic carbocycles. The summed E-state index contributed by atoms with van der Waals surface area (Å²) in [5.74, 6) is -0.0616. The Labute approximate surface area is 500 Å². The number of rotatable bonds is 68. The molecule has 472 valence electrons. The van der Waals surface area contributed by atoms with Crippen molar-refractivity contribution in [3.8, 4) is 0 Å². The van der Waals surface area contributed by atoms with Gasteiger partial charge in [0.15, 0.2) is 0 Å². The predicted octanol–water partition coefficient (Wildman–Crippen LogP) is 23.5. The number of hydrogen-bond donors (Lipinski definition) is 3. The maximum absolute atomic E-state index is 12.5. The highest BCUT2D eigenvalue weighted by molar-refractivity contribution is 5.76. The molecule has 0 fully saturated rings. The Balaban J connectivity index is 3.43. The van der Waals surface area contributed by atoms with E-state index in [0.717, 1.165) is 51.4 Å². The lowest BCUT2D eigenvalue weighted by Gasteiger charge is -2.20. The zero-order chi connectivity index (χ0) is 57.8. The van der Waals surface area contributed by atoms with Crippen LogP contribution >= 0.6 is 0 Å². The summed E-state index contributed by atoms with van der Waals surface area (Å²) >= 11 is 0. The number of esters is 1. The van der Waals surface area contributed by atoms with Crippen molar-refractivity contribution in [2.75, 3.05) is 13.2 Å². The molecule has 6 heteroatoms. The van der Waals surface area contributed by atoms with E-state index >= 15 is 0 Å². The number of amides is 1. The van der Waals surface area contributed by atoms with Gasteiger partial charge in [-0.3, -0.25) is 9.59 Å². The number of carbonyl (C=O) groups is 2. The van der Waals surface area contributed by atoms with Crippen molar-refractivity contribution in [2.45, 2.75) is 411 Å². The first kappa shape index (κ1) is 78.1. The maximum atomic E-state index is 12.5. The second-order valence-corrected chi connectivity index (χ2v) is 24.9. The average molecular weight is 1120 g/mol. The minimum absolute atomic E-state index is 0.00968. The molecule has 80 heavy (non-hydrogen) atoms. The minimum atomic E-state index is -0.851. The second kappa shape index (κ2) is 69.6. The summed E-state index contributed by atoms with van der Waals surface area (Å²) in [6.07, 6.45) is 89.4. The van der Waals surface area contributed by atoms with Gasteiger partial charge in [-0.1, -0.05) is 339 Å². The van der Waals surface area contributed by atoms with Crippen molar-refractivity contribution < 1.29 is 24.5 Å². The molecule has 0 bridgehead atoms. The smallest absolute Gasteiger partial charge is 0.305 e. The monoisotopic (exact) mass is 1120 g/mol. The molecule has 0 aliphatic heterocycles. The molecule has 0 saturated carbocycles. The van der Waals surface area contributed by atoms with Crippen LogP contribution in [0, 0.1) is 0 Å².